The Hall–Kier alpha value is -4.17. The molecule has 0 bridgehead atoms. The molecule has 1 heterocycles. The van der Waals surface area contributed by atoms with Crippen molar-refractivity contribution in [3.05, 3.63) is 111 Å². The molecule has 4 aromatic rings. The molecule has 8 nitrogen and oxygen atoms in total. The highest BCUT2D eigenvalue weighted by molar-refractivity contribution is 6.31. The van der Waals surface area contributed by atoms with E-state index in [4.69, 9.17) is 16.3 Å². The van der Waals surface area contributed by atoms with E-state index >= 15 is 0 Å². The van der Waals surface area contributed by atoms with Crippen LogP contribution in [0.1, 0.15) is 17.2 Å². The maximum atomic E-state index is 12.1. The number of halogens is 1. The average Bonchev–Trinajstić information content (AvgIpc) is 2.83. The number of aromatic nitrogens is 2. The van der Waals surface area contributed by atoms with Gasteiger partial charge in [0.1, 0.15) is 12.1 Å². The minimum atomic E-state index is -0.519. The molecule has 166 valence electrons. The van der Waals surface area contributed by atoms with Crippen molar-refractivity contribution in [3.8, 4) is 5.75 Å². The van der Waals surface area contributed by atoms with Gasteiger partial charge in [0, 0.05) is 5.02 Å². The van der Waals surface area contributed by atoms with E-state index < -0.39 is 4.92 Å². The number of anilines is 3. The van der Waals surface area contributed by atoms with E-state index in [2.05, 4.69) is 20.6 Å². The molecule has 0 radical (unpaired) electrons. The summed E-state index contributed by atoms with van der Waals surface area (Å²) in [6.07, 6.45) is 1.27. The number of hydrogen-bond donors (Lipinski definition) is 2. The molecule has 33 heavy (non-hydrogen) atoms. The Morgan fingerprint density at radius 2 is 1.55 bits per heavy atom. The number of benzene rings is 3. The van der Waals surface area contributed by atoms with Crippen molar-refractivity contribution in [2.45, 2.75) is 6.04 Å². The van der Waals surface area contributed by atoms with Crippen LogP contribution in [0, 0.1) is 10.1 Å². The summed E-state index contributed by atoms with van der Waals surface area (Å²) < 4.78 is 5.33. The Bertz CT molecular complexity index is 1220. The number of hydrogen-bond acceptors (Lipinski definition) is 7. The molecule has 9 heteroatoms. The summed E-state index contributed by atoms with van der Waals surface area (Å²) in [5.41, 5.74) is 2.02. The van der Waals surface area contributed by atoms with Gasteiger partial charge in [-0.2, -0.15) is 0 Å². The Balaban J connectivity index is 1.76. The van der Waals surface area contributed by atoms with E-state index in [1.807, 2.05) is 60.7 Å². The van der Waals surface area contributed by atoms with Crippen LogP contribution in [0.5, 0.6) is 5.75 Å². The maximum absolute atomic E-state index is 12.1. The molecular formula is C24H20ClN5O3. The summed E-state index contributed by atoms with van der Waals surface area (Å²) in [6, 6.07) is 23.9. The van der Waals surface area contributed by atoms with Gasteiger partial charge in [-0.1, -0.05) is 72.3 Å². The molecule has 0 amide bonds. The second kappa shape index (κ2) is 9.97. The highest BCUT2D eigenvalue weighted by Gasteiger charge is 2.26. The largest absolute Gasteiger partial charge is 0.495 e. The molecule has 0 aliphatic rings. The summed E-state index contributed by atoms with van der Waals surface area (Å²) in [7, 11) is 1.50. The van der Waals surface area contributed by atoms with Gasteiger partial charge in [0.25, 0.3) is 0 Å². The zero-order valence-corrected chi connectivity index (χ0v) is 18.4. The zero-order chi connectivity index (χ0) is 23.2. The predicted molar refractivity (Wildman–Crippen MR) is 128 cm³/mol. The van der Waals surface area contributed by atoms with Crippen molar-refractivity contribution in [2.24, 2.45) is 0 Å². The van der Waals surface area contributed by atoms with Crippen LogP contribution in [0.15, 0.2) is 85.2 Å². The smallest absolute Gasteiger partial charge is 0.353 e. The lowest BCUT2D eigenvalue weighted by Crippen LogP contribution is -2.15. The summed E-state index contributed by atoms with van der Waals surface area (Å²) in [5, 5.41) is 18.7. The Labute approximate surface area is 195 Å². The third kappa shape index (κ3) is 5.02. The fourth-order valence-electron chi connectivity index (χ4n) is 3.44. The van der Waals surface area contributed by atoms with Gasteiger partial charge in [-0.15, -0.1) is 0 Å². The monoisotopic (exact) mass is 461 g/mol. The van der Waals surface area contributed by atoms with Gasteiger partial charge in [0.15, 0.2) is 0 Å². The molecule has 4 rings (SSSR count). The standard InChI is InChI=1S/C24H20ClN5O3/c1-33-20-13-12-18(25)14-19(20)28-23-22(30(31)32)24(27-15-26-23)29-21(16-8-4-2-5-9-16)17-10-6-3-7-11-17/h2-15,21H,1H3,(H2,26,27,28,29). The lowest BCUT2D eigenvalue weighted by Gasteiger charge is -2.21. The number of methoxy groups -OCH3 is 1. The minimum absolute atomic E-state index is 0.0120. The van der Waals surface area contributed by atoms with Gasteiger partial charge in [-0.05, 0) is 29.3 Å². The van der Waals surface area contributed by atoms with Crippen LogP contribution in [0.4, 0.5) is 23.0 Å². The fourth-order valence-corrected chi connectivity index (χ4v) is 3.61. The lowest BCUT2D eigenvalue weighted by molar-refractivity contribution is -0.383. The van der Waals surface area contributed by atoms with Gasteiger partial charge < -0.3 is 15.4 Å². The minimum Gasteiger partial charge on any atom is -0.495 e. The number of ether oxygens (including phenoxy) is 1. The first-order valence-electron chi connectivity index (χ1n) is 10.0. The average molecular weight is 462 g/mol. The van der Waals surface area contributed by atoms with E-state index in [1.165, 1.54) is 13.4 Å². The first-order chi connectivity index (χ1) is 16.1. The molecule has 0 aliphatic heterocycles. The highest BCUT2D eigenvalue weighted by Crippen LogP contribution is 2.37. The van der Waals surface area contributed by atoms with Gasteiger partial charge >= 0.3 is 5.69 Å². The molecule has 0 unspecified atom stereocenters. The number of nitrogens with one attached hydrogen (secondary N) is 2. The Morgan fingerprint density at radius 3 is 2.12 bits per heavy atom. The van der Waals surface area contributed by atoms with Gasteiger partial charge in [-0.3, -0.25) is 10.1 Å². The Morgan fingerprint density at radius 1 is 0.939 bits per heavy atom. The highest BCUT2D eigenvalue weighted by atomic mass is 35.5. The molecule has 0 saturated heterocycles. The summed E-state index contributed by atoms with van der Waals surface area (Å²) >= 11 is 6.10. The first kappa shape index (κ1) is 22.0. The first-order valence-corrected chi connectivity index (χ1v) is 10.4. The van der Waals surface area contributed by atoms with Crippen molar-refractivity contribution >= 4 is 34.6 Å². The quantitative estimate of drug-likeness (QED) is 0.245. The van der Waals surface area contributed by atoms with Crippen LogP contribution in [0.25, 0.3) is 0 Å². The van der Waals surface area contributed by atoms with Crippen molar-refractivity contribution in [2.75, 3.05) is 17.7 Å². The fraction of sp³-hybridized carbons (Fsp3) is 0.0833. The van der Waals surface area contributed by atoms with Crippen LogP contribution in [0.3, 0.4) is 0 Å². The van der Waals surface area contributed by atoms with Crippen LogP contribution in [-0.4, -0.2) is 22.0 Å². The zero-order valence-electron chi connectivity index (χ0n) is 17.6. The van der Waals surface area contributed by atoms with Crippen LogP contribution >= 0.6 is 11.6 Å². The van der Waals surface area contributed by atoms with Gasteiger partial charge in [-0.25, -0.2) is 9.97 Å². The van der Waals surface area contributed by atoms with E-state index in [0.29, 0.717) is 16.5 Å². The Kier molecular flexibility index (Phi) is 6.66. The van der Waals surface area contributed by atoms with Gasteiger partial charge in [0.2, 0.25) is 11.6 Å². The predicted octanol–water partition coefficient (Wildman–Crippen LogP) is 5.99. The van der Waals surface area contributed by atoms with Crippen molar-refractivity contribution < 1.29 is 9.66 Å². The lowest BCUT2D eigenvalue weighted by atomic mass is 9.99. The number of rotatable bonds is 8. The third-order valence-electron chi connectivity index (χ3n) is 4.97. The number of nitrogens with zero attached hydrogens (tertiary/aromatic N) is 3. The van der Waals surface area contributed by atoms with Crippen molar-refractivity contribution in [1.29, 1.82) is 0 Å². The maximum Gasteiger partial charge on any atom is 0.353 e. The van der Waals surface area contributed by atoms with E-state index in [1.54, 1.807) is 18.2 Å². The SMILES string of the molecule is COc1ccc(Cl)cc1Nc1ncnc(NC(c2ccccc2)c2ccccc2)c1[N+](=O)[O-]. The summed E-state index contributed by atoms with van der Waals surface area (Å²) in [6.45, 7) is 0. The van der Waals surface area contributed by atoms with E-state index in [9.17, 15) is 10.1 Å². The molecular weight excluding hydrogens is 442 g/mol. The molecule has 0 saturated carbocycles. The van der Waals surface area contributed by atoms with Crippen LogP contribution < -0.4 is 15.4 Å². The second-order valence-electron chi connectivity index (χ2n) is 7.04. The molecule has 3 aromatic carbocycles. The molecule has 0 fully saturated rings. The molecule has 0 spiro atoms. The van der Waals surface area contributed by atoms with Crippen LogP contribution in [-0.2, 0) is 0 Å². The topological polar surface area (TPSA) is 102 Å². The van der Waals surface area contributed by atoms with E-state index in [0.717, 1.165) is 11.1 Å². The van der Waals surface area contributed by atoms with Crippen molar-refractivity contribution in [3.63, 3.8) is 0 Å². The van der Waals surface area contributed by atoms with Crippen LogP contribution in [0.2, 0.25) is 5.02 Å². The molecule has 2 N–H and O–H groups in total. The molecule has 1 aromatic heterocycles. The summed E-state index contributed by atoms with van der Waals surface area (Å²) in [4.78, 5) is 19.9. The normalized spacial score (nSPS) is 10.6. The molecule has 0 aliphatic carbocycles. The number of nitro groups is 1. The van der Waals surface area contributed by atoms with Crippen molar-refractivity contribution in [1.82, 2.24) is 9.97 Å². The second-order valence-corrected chi connectivity index (χ2v) is 7.48. The van der Waals surface area contributed by atoms with Gasteiger partial charge in [0.05, 0.1) is 23.8 Å². The third-order valence-corrected chi connectivity index (χ3v) is 5.20. The summed E-state index contributed by atoms with van der Waals surface area (Å²) in [5.74, 6) is 0.558. The van der Waals surface area contributed by atoms with E-state index in [-0.39, 0.29) is 23.4 Å². The molecule has 0 atom stereocenters.